The van der Waals surface area contributed by atoms with Gasteiger partial charge in [0.15, 0.2) is 0 Å². The Morgan fingerprint density at radius 2 is 0.648 bits per heavy atom. The predicted octanol–water partition coefficient (Wildman–Crippen LogP) is 6.61. The molecule has 0 aliphatic rings. The van der Waals surface area contributed by atoms with Crippen molar-refractivity contribution >= 4 is 78.3 Å². The normalized spacial score (nSPS) is 11.0. The van der Waals surface area contributed by atoms with Crippen LogP contribution in [0.1, 0.15) is 11.1 Å². The average molecular weight is 771 g/mol. The van der Waals surface area contributed by atoms with Gasteiger partial charge in [-0.2, -0.15) is 0 Å². The van der Waals surface area contributed by atoms with Crippen LogP contribution in [-0.4, -0.2) is 41.0 Å². The zero-order valence-electron chi connectivity index (χ0n) is 28.6. The van der Waals surface area contributed by atoms with Gasteiger partial charge < -0.3 is 31.9 Å². The molecule has 0 aliphatic heterocycles. The van der Waals surface area contributed by atoms with Crippen molar-refractivity contribution in [3.05, 3.63) is 132 Å². The van der Waals surface area contributed by atoms with Crippen LogP contribution in [0.3, 0.4) is 0 Å². The molecule has 8 N–H and O–H groups in total. The number of carbonyl (C=O) groups is 4. The smallest absolute Gasteiger partial charge is 0.308 e. The summed E-state index contributed by atoms with van der Waals surface area (Å²) in [5.41, 5.74) is 3.93. The van der Waals surface area contributed by atoms with Gasteiger partial charge in [0.05, 0.1) is 9.79 Å². The summed E-state index contributed by atoms with van der Waals surface area (Å²) in [5, 5.41) is 15.2. The van der Waals surface area contributed by atoms with E-state index in [-0.39, 0.29) is 21.2 Å². The molecule has 5 rings (SSSR count). The zero-order chi connectivity index (χ0) is 38.9. The van der Waals surface area contributed by atoms with Crippen LogP contribution in [0.4, 0.5) is 53.3 Å². The minimum atomic E-state index is -4.34. The van der Waals surface area contributed by atoms with Crippen LogP contribution in [0.25, 0.3) is 0 Å². The average Bonchev–Trinajstić information content (AvgIpc) is 3.10. The van der Waals surface area contributed by atoms with Crippen molar-refractivity contribution in [2.24, 2.45) is 0 Å². The number of nitrogens with one attached hydrogen (secondary N) is 8. The first-order chi connectivity index (χ1) is 25.6. The Morgan fingerprint density at radius 1 is 0.370 bits per heavy atom. The molecule has 0 aliphatic carbocycles. The third-order valence-corrected chi connectivity index (χ3v) is 9.99. The lowest BCUT2D eigenvalue weighted by molar-refractivity contribution is 0.255. The molecule has 0 saturated heterocycles. The van der Waals surface area contributed by atoms with Crippen LogP contribution in [-0.2, 0) is 20.0 Å². The number of amides is 8. The highest BCUT2D eigenvalue weighted by molar-refractivity contribution is 7.90. The molecule has 0 radical (unpaired) electrons. The molecule has 16 nitrogen and oxygen atoms in total. The van der Waals surface area contributed by atoms with E-state index >= 15 is 0 Å². The molecular weight excluding hydrogens is 737 g/mol. The Morgan fingerprint density at radius 3 is 0.963 bits per heavy atom. The van der Waals surface area contributed by atoms with Gasteiger partial charge in [-0.3, -0.25) is 0 Å². The van der Waals surface area contributed by atoms with Crippen molar-refractivity contribution < 1.29 is 36.0 Å². The summed E-state index contributed by atoms with van der Waals surface area (Å²) < 4.78 is 55.0. The number of benzene rings is 5. The number of hydrogen-bond donors (Lipinski definition) is 8. The van der Waals surface area contributed by atoms with Gasteiger partial charge in [-0.05, 0) is 105 Å². The van der Waals surface area contributed by atoms with Gasteiger partial charge >= 0.3 is 24.1 Å². The Kier molecular flexibility index (Phi) is 11.8. The van der Waals surface area contributed by atoms with Gasteiger partial charge in [0, 0.05) is 34.1 Å². The highest BCUT2D eigenvalue weighted by atomic mass is 32.2. The molecule has 0 heterocycles. The Balaban J connectivity index is 1.10. The Bertz CT molecular complexity index is 2220. The number of sulfonamides is 2. The van der Waals surface area contributed by atoms with Gasteiger partial charge in [-0.1, -0.05) is 41.5 Å². The molecule has 54 heavy (non-hydrogen) atoms. The lowest BCUT2D eigenvalue weighted by Gasteiger charge is -2.12. The predicted molar refractivity (Wildman–Crippen MR) is 206 cm³/mol. The number of anilines is 6. The SMILES string of the molecule is Cc1ccc(NC(=O)Nc2ccc(S(=O)(=O)NC(=O)Nc3cccc(NC(=O)NS(=O)(=O)c4ccc(NC(=O)Nc5ccc(C)cc5)cc4)c3)cc2)cc1. The van der Waals surface area contributed by atoms with Crippen molar-refractivity contribution in [2.75, 3.05) is 31.9 Å². The molecule has 0 saturated carbocycles. The summed E-state index contributed by atoms with van der Waals surface area (Å²) in [5.74, 6) is 0. The lowest BCUT2D eigenvalue weighted by Crippen LogP contribution is -2.35. The van der Waals surface area contributed by atoms with E-state index < -0.39 is 44.2 Å². The maximum atomic E-state index is 12.8. The fraction of sp³-hybridized carbons (Fsp3) is 0.0556. The topological polar surface area (TPSA) is 233 Å². The molecule has 278 valence electrons. The molecule has 18 heteroatoms. The van der Waals surface area contributed by atoms with Crippen LogP contribution < -0.4 is 41.3 Å². The minimum absolute atomic E-state index is 0.0667. The molecule has 0 fully saturated rings. The maximum absolute atomic E-state index is 12.8. The maximum Gasteiger partial charge on any atom is 0.333 e. The second-order valence-electron chi connectivity index (χ2n) is 11.6. The molecule has 5 aromatic carbocycles. The van der Waals surface area contributed by atoms with Crippen LogP contribution in [0.5, 0.6) is 0 Å². The molecule has 0 unspecified atom stereocenters. The molecule has 0 bridgehead atoms. The van der Waals surface area contributed by atoms with Crippen molar-refractivity contribution in [2.45, 2.75) is 23.6 Å². The van der Waals surface area contributed by atoms with Crippen LogP contribution in [0, 0.1) is 13.8 Å². The Labute approximate surface area is 310 Å². The van der Waals surface area contributed by atoms with Crippen LogP contribution >= 0.6 is 0 Å². The Hall–Kier alpha value is -6.92. The molecule has 5 aromatic rings. The van der Waals surface area contributed by atoms with Gasteiger partial charge in [-0.15, -0.1) is 0 Å². The summed E-state index contributed by atoms with van der Waals surface area (Å²) in [6.45, 7) is 3.83. The van der Waals surface area contributed by atoms with E-state index in [0.29, 0.717) is 22.7 Å². The second-order valence-corrected chi connectivity index (χ2v) is 15.0. The largest absolute Gasteiger partial charge is 0.333 e. The van der Waals surface area contributed by atoms with Crippen molar-refractivity contribution in [1.29, 1.82) is 0 Å². The van der Waals surface area contributed by atoms with Crippen molar-refractivity contribution in [3.63, 3.8) is 0 Å². The van der Waals surface area contributed by atoms with E-state index in [4.69, 9.17) is 0 Å². The molecule has 8 amide bonds. The van der Waals surface area contributed by atoms with Crippen molar-refractivity contribution in [1.82, 2.24) is 9.44 Å². The molecule has 0 spiro atoms. The number of hydrogen-bond acceptors (Lipinski definition) is 8. The summed E-state index contributed by atoms with van der Waals surface area (Å²) in [7, 11) is -8.67. The number of urea groups is 4. The standard InChI is InChI=1S/C36H34N8O8S2/c1-23-6-10-25(11-7-23)37-33(45)39-27-14-18-31(19-15-27)53(49,50)43-35(47)41-29-4-3-5-30(22-29)42-36(48)44-54(51,52)32-20-16-28(17-21-32)40-34(46)38-26-12-8-24(2)9-13-26/h3-22H,1-2H3,(H2,37,39,45)(H2,38,40,46)(H2,41,43,47)(H2,42,44,48). The lowest BCUT2D eigenvalue weighted by atomic mass is 10.2. The van der Waals surface area contributed by atoms with E-state index in [0.717, 1.165) is 11.1 Å². The fourth-order valence-corrected chi connectivity index (χ4v) is 6.46. The number of rotatable bonds is 10. The monoisotopic (exact) mass is 770 g/mol. The second kappa shape index (κ2) is 16.6. The van der Waals surface area contributed by atoms with Gasteiger partial charge in [0.25, 0.3) is 20.0 Å². The van der Waals surface area contributed by atoms with E-state index in [1.807, 2.05) is 47.6 Å². The first-order valence-electron chi connectivity index (χ1n) is 15.9. The summed E-state index contributed by atoms with van der Waals surface area (Å²) in [6, 6.07) is 26.7. The first-order valence-corrected chi connectivity index (χ1v) is 18.9. The van der Waals surface area contributed by atoms with Crippen molar-refractivity contribution in [3.8, 4) is 0 Å². The van der Waals surface area contributed by atoms with E-state index in [1.165, 1.54) is 72.8 Å². The van der Waals surface area contributed by atoms with Gasteiger partial charge in [-0.25, -0.2) is 45.5 Å². The quantitative estimate of drug-likeness (QED) is 0.0768. The number of aryl methyl sites for hydroxylation is 2. The van der Waals surface area contributed by atoms with E-state index in [1.54, 1.807) is 24.3 Å². The molecular formula is C36H34N8O8S2. The highest BCUT2D eigenvalue weighted by Crippen LogP contribution is 2.19. The summed E-state index contributed by atoms with van der Waals surface area (Å²) in [6.07, 6.45) is 0. The molecule has 0 aromatic heterocycles. The third-order valence-electron chi connectivity index (χ3n) is 7.30. The third kappa shape index (κ3) is 11.0. The van der Waals surface area contributed by atoms with E-state index in [9.17, 15) is 36.0 Å². The summed E-state index contributed by atoms with van der Waals surface area (Å²) >= 11 is 0. The van der Waals surface area contributed by atoms with Gasteiger partial charge in [0.2, 0.25) is 0 Å². The van der Waals surface area contributed by atoms with Crippen LogP contribution in [0.15, 0.2) is 131 Å². The summed E-state index contributed by atoms with van der Waals surface area (Å²) in [4.78, 5) is 49.2. The van der Waals surface area contributed by atoms with Gasteiger partial charge in [0.1, 0.15) is 0 Å². The minimum Gasteiger partial charge on any atom is -0.308 e. The number of carbonyl (C=O) groups excluding carboxylic acids is 4. The van der Waals surface area contributed by atoms with E-state index in [2.05, 4.69) is 31.9 Å². The fourth-order valence-electron chi connectivity index (χ4n) is 4.65. The highest BCUT2D eigenvalue weighted by Gasteiger charge is 2.20. The zero-order valence-corrected chi connectivity index (χ0v) is 30.3. The van der Waals surface area contributed by atoms with Crippen LogP contribution in [0.2, 0.25) is 0 Å². The molecule has 0 atom stereocenters. The first kappa shape index (κ1) is 38.3.